The summed E-state index contributed by atoms with van der Waals surface area (Å²) in [5, 5.41) is 0.239. The van der Waals surface area contributed by atoms with Gasteiger partial charge in [0, 0.05) is 19.2 Å². The van der Waals surface area contributed by atoms with Gasteiger partial charge in [0.2, 0.25) is 0 Å². The average Bonchev–Trinajstić information content (AvgIpc) is 2.56. The van der Waals surface area contributed by atoms with Gasteiger partial charge in [-0.2, -0.15) is 0 Å². The molecular weight excluding hydrogens is 335 g/mol. The predicted octanol–water partition coefficient (Wildman–Crippen LogP) is 3.36. The molecule has 7 heteroatoms. The molecule has 0 unspecified atom stereocenters. The maximum absolute atomic E-state index is 14.4. The molecule has 1 heterocycles. The number of nitrogens with two attached hydrogens (primary N) is 1. The number of hydrogen-bond donors (Lipinski definition) is 1. The van der Waals surface area contributed by atoms with Crippen LogP contribution in [0.4, 0.5) is 4.39 Å². The first kappa shape index (κ1) is 18.4. The summed E-state index contributed by atoms with van der Waals surface area (Å²) in [6, 6.07) is 5.15. The van der Waals surface area contributed by atoms with Crippen LogP contribution in [0, 0.1) is 19.7 Å². The summed E-state index contributed by atoms with van der Waals surface area (Å²) >= 11 is 6.11. The molecule has 0 aliphatic heterocycles. The van der Waals surface area contributed by atoms with Gasteiger partial charge in [0.25, 0.3) is 0 Å². The standard InChI is InChI=1S/C17H20ClFN2O3/c1-10-6-15(23-8-20)16(19)11(2)13(10)7-12-4-5-14(17(18)21-12)24-9-22-3/h4-6H,7-9,20H2,1-3H3. The first-order valence-corrected chi connectivity index (χ1v) is 7.74. The van der Waals surface area contributed by atoms with Gasteiger partial charge in [-0.25, -0.2) is 9.37 Å². The molecule has 2 aromatic rings. The topological polar surface area (TPSA) is 66.6 Å². The number of ether oxygens (including phenoxy) is 3. The van der Waals surface area contributed by atoms with E-state index in [4.69, 9.17) is 31.5 Å². The molecule has 2 rings (SSSR count). The summed E-state index contributed by atoms with van der Waals surface area (Å²) in [7, 11) is 1.52. The second-order valence-electron chi connectivity index (χ2n) is 5.24. The van der Waals surface area contributed by atoms with Crippen molar-refractivity contribution >= 4 is 11.6 Å². The van der Waals surface area contributed by atoms with Crippen LogP contribution in [0.15, 0.2) is 18.2 Å². The number of nitrogens with zero attached hydrogens (tertiary/aromatic N) is 1. The number of rotatable bonds is 7. The van der Waals surface area contributed by atoms with Crippen molar-refractivity contribution in [2.45, 2.75) is 20.3 Å². The zero-order valence-corrected chi connectivity index (χ0v) is 14.6. The fraction of sp³-hybridized carbons (Fsp3) is 0.353. The van der Waals surface area contributed by atoms with Crippen molar-refractivity contribution in [1.29, 1.82) is 0 Å². The van der Waals surface area contributed by atoms with Crippen molar-refractivity contribution in [1.82, 2.24) is 4.98 Å². The molecule has 2 N–H and O–H groups in total. The quantitative estimate of drug-likeness (QED) is 0.610. The van der Waals surface area contributed by atoms with Crippen LogP contribution in [-0.4, -0.2) is 25.6 Å². The number of hydrogen-bond acceptors (Lipinski definition) is 5. The minimum atomic E-state index is -0.410. The van der Waals surface area contributed by atoms with Crippen LogP contribution < -0.4 is 15.2 Å². The van der Waals surface area contributed by atoms with Gasteiger partial charge in [-0.15, -0.1) is 0 Å². The Bertz CT molecular complexity index is 725. The molecule has 0 aliphatic rings. The van der Waals surface area contributed by atoms with Crippen LogP contribution in [0.5, 0.6) is 11.5 Å². The summed E-state index contributed by atoms with van der Waals surface area (Å²) < 4.78 is 29.6. The molecule has 5 nitrogen and oxygen atoms in total. The van der Waals surface area contributed by atoms with E-state index >= 15 is 0 Å². The first-order valence-electron chi connectivity index (χ1n) is 7.36. The van der Waals surface area contributed by atoms with Crippen LogP contribution in [0.25, 0.3) is 0 Å². The zero-order chi connectivity index (χ0) is 17.7. The SMILES string of the molecule is COCOc1ccc(Cc2c(C)cc(OCN)c(F)c2C)nc1Cl. The minimum Gasteiger partial charge on any atom is -0.476 e. The Hall–Kier alpha value is -1.89. The van der Waals surface area contributed by atoms with Gasteiger partial charge in [0.1, 0.15) is 6.73 Å². The lowest BCUT2D eigenvalue weighted by Gasteiger charge is -2.15. The molecule has 0 fully saturated rings. The van der Waals surface area contributed by atoms with Crippen molar-refractivity contribution < 1.29 is 18.6 Å². The van der Waals surface area contributed by atoms with E-state index in [-0.39, 0.29) is 24.4 Å². The van der Waals surface area contributed by atoms with Gasteiger partial charge in [-0.1, -0.05) is 11.6 Å². The molecule has 1 aromatic heterocycles. The van der Waals surface area contributed by atoms with Crippen molar-refractivity contribution in [2.75, 3.05) is 20.6 Å². The van der Waals surface area contributed by atoms with Gasteiger partial charge in [0.05, 0.1) is 0 Å². The van der Waals surface area contributed by atoms with Crippen LogP contribution in [0.3, 0.4) is 0 Å². The Labute approximate surface area is 145 Å². The molecular formula is C17H20ClFN2O3. The van der Waals surface area contributed by atoms with Gasteiger partial charge in [0.15, 0.2) is 29.3 Å². The van der Waals surface area contributed by atoms with E-state index in [2.05, 4.69) is 4.98 Å². The monoisotopic (exact) mass is 354 g/mol. The highest BCUT2D eigenvalue weighted by Crippen LogP contribution is 2.29. The van der Waals surface area contributed by atoms with Gasteiger partial charge < -0.3 is 14.2 Å². The van der Waals surface area contributed by atoms with Crippen molar-refractivity contribution in [3.63, 3.8) is 0 Å². The molecule has 0 spiro atoms. The van der Waals surface area contributed by atoms with Crippen LogP contribution in [0.2, 0.25) is 5.15 Å². The first-order chi connectivity index (χ1) is 11.5. The van der Waals surface area contributed by atoms with Gasteiger partial charge in [-0.05, 0) is 48.7 Å². The number of aryl methyl sites for hydroxylation is 1. The Morgan fingerprint density at radius 3 is 2.58 bits per heavy atom. The average molecular weight is 355 g/mol. The van der Waals surface area contributed by atoms with E-state index in [0.29, 0.717) is 23.4 Å². The van der Waals surface area contributed by atoms with E-state index in [1.165, 1.54) is 7.11 Å². The summed E-state index contributed by atoms with van der Waals surface area (Å²) in [4.78, 5) is 4.30. The summed E-state index contributed by atoms with van der Waals surface area (Å²) in [6.07, 6.45) is 0.446. The smallest absolute Gasteiger partial charge is 0.188 e. The molecule has 0 saturated heterocycles. The molecule has 0 aliphatic carbocycles. The van der Waals surface area contributed by atoms with Crippen molar-refractivity contribution in [3.8, 4) is 11.5 Å². The van der Waals surface area contributed by atoms with E-state index < -0.39 is 5.82 Å². The van der Waals surface area contributed by atoms with Crippen LogP contribution in [0.1, 0.15) is 22.4 Å². The lowest BCUT2D eigenvalue weighted by Crippen LogP contribution is -2.10. The molecule has 1 aromatic carbocycles. The zero-order valence-electron chi connectivity index (χ0n) is 13.9. The normalized spacial score (nSPS) is 10.8. The van der Waals surface area contributed by atoms with E-state index in [1.807, 2.05) is 6.92 Å². The molecule has 0 bridgehead atoms. The van der Waals surface area contributed by atoms with E-state index in [9.17, 15) is 4.39 Å². The maximum atomic E-state index is 14.4. The third-order valence-electron chi connectivity index (χ3n) is 3.62. The summed E-state index contributed by atoms with van der Waals surface area (Å²) in [5.74, 6) is 0.186. The highest BCUT2D eigenvalue weighted by molar-refractivity contribution is 6.30. The van der Waals surface area contributed by atoms with E-state index in [1.54, 1.807) is 25.1 Å². The lowest BCUT2D eigenvalue weighted by molar-refractivity contribution is 0.0509. The summed E-state index contributed by atoms with van der Waals surface area (Å²) in [6.45, 7) is 3.61. The number of pyridine rings is 1. The number of benzene rings is 1. The fourth-order valence-electron chi connectivity index (χ4n) is 2.40. The Kier molecular flexibility index (Phi) is 6.36. The minimum absolute atomic E-state index is 0.0742. The highest BCUT2D eigenvalue weighted by atomic mass is 35.5. The molecule has 130 valence electrons. The molecule has 0 amide bonds. The van der Waals surface area contributed by atoms with Gasteiger partial charge in [-0.3, -0.25) is 5.73 Å². The predicted molar refractivity (Wildman–Crippen MR) is 90.1 cm³/mol. The number of methoxy groups -OCH3 is 1. The van der Waals surface area contributed by atoms with E-state index in [0.717, 1.165) is 11.1 Å². The number of halogens is 2. The van der Waals surface area contributed by atoms with Crippen LogP contribution >= 0.6 is 11.6 Å². The van der Waals surface area contributed by atoms with Crippen molar-refractivity contribution in [2.24, 2.45) is 5.73 Å². The van der Waals surface area contributed by atoms with Crippen LogP contribution in [-0.2, 0) is 11.2 Å². The Morgan fingerprint density at radius 1 is 1.21 bits per heavy atom. The molecule has 0 atom stereocenters. The third-order valence-corrected chi connectivity index (χ3v) is 3.89. The maximum Gasteiger partial charge on any atom is 0.188 e. The van der Waals surface area contributed by atoms with Gasteiger partial charge >= 0.3 is 0 Å². The Balaban J connectivity index is 2.28. The number of aromatic nitrogens is 1. The Morgan fingerprint density at radius 2 is 1.96 bits per heavy atom. The fourth-order valence-corrected chi connectivity index (χ4v) is 2.62. The van der Waals surface area contributed by atoms with Crippen molar-refractivity contribution in [3.05, 3.63) is 51.6 Å². The second kappa shape index (κ2) is 8.28. The second-order valence-corrected chi connectivity index (χ2v) is 5.60. The highest BCUT2D eigenvalue weighted by Gasteiger charge is 2.15. The third kappa shape index (κ3) is 4.14. The molecule has 0 saturated carbocycles. The molecule has 0 radical (unpaired) electrons. The summed E-state index contributed by atoms with van der Waals surface area (Å²) in [5.41, 5.74) is 8.28. The molecule has 24 heavy (non-hydrogen) atoms. The lowest BCUT2D eigenvalue weighted by atomic mass is 9.97. The largest absolute Gasteiger partial charge is 0.476 e.